The molecule has 4 nitrogen and oxygen atoms in total. The van der Waals surface area contributed by atoms with Crippen molar-refractivity contribution < 1.29 is 4.79 Å². The summed E-state index contributed by atoms with van der Waals surface area (Å²) in [5.41, 5.74) is 5.90. The van der Waals surface area contributed by atoms with Gasteiger partial charge in [0.25, 0.3) is 0 Å². The molecule has 0 aliphatic heterocycles. The smallest absolute Gasteiger partial charge is 0.220 e. The molecule has 0 radical (unpaired) electrons. The van der Waals surface area contributed by atoms with Gasteiger partial charge in [-0.1, -0.05) is 23.8 Å². The molecule has 4 heteroatoms. The maximum Gasteiger partial charge on any atom is 0.220 e. The highest BCUT2D eigenvalue weighted by Gasteiger charge is 2.07. The van der Waals surface area contributed by atoms with E-state index in [0.717, 1.165) is 36.5 Å². The fraction of sp³-hybridized carbons (Fsp3) is 0.455. The number of benzene rings is 1. The van der Waals surface area contributed by atoms with Crippen molar-refractivity contribution in [3.05, 3.63) is 58.9 Å². The number of carbonyl (C=O) groups excluding carboxylic acids is 1. The zero-order valence-corrected chi connectivity index (χ0v) is 15.9. The van der Waals surface area contributed by atoms with Gasteiger partial charge in [0, 0.05) is 18.7 Å². The second-order valence-electron chi connectivity index (χ2n) is 7.21. The van der Waals surface area contributed by atoms with E-state index >= 15 is 0 Å². The monoisotopic (exact) mass is 351 g/mol. The Balaban J connectivity index is 1.43. The van der Waals surface area contributed by atoms with Gasteiger partial charge in [0.2, 0.25) is 5.91 Å². The Kier molecular flexibility index (Phi) is 6.26. The summed E-state index contributed by atoms with van der Waals surface area (Å²) in [4.78, 5) is 12.0. The van der Waals surface area contributed by atoms with Crippen LogP contribution in [0.3, 0.4) is 0 Å². The highest BCUT2D eigenvalue weighted by Crippen LogP contribution is 2.19. The summed E-state index contributed by atoms with van der Waals surface area (Å²) in [6, 6.07) is 10.4. The number of aryl methyl sites for hydroxylation is 3. The summed E-state index contributed by atoms with van der Waals surface area (Å²) in [6.07, 6.45) is 9.68. The average molecular weight is 351 g/mol. The first-order valence-corrected chi connectivity index (χ1v) is 9.69. The van der Waals surface area contributed by atoms with E-state index in [2.05, 4.69) is 53.7 Å². The first-order valence-electron chi connectivity index (χ1n) is 9.69. The summed E-state index contributed by atoms with van der Waals surface area (Å²) in [5.74, 6) is 0.143. The standard InChI is InChI=1S/C22H29N3O/c1-17-16-18(2)25(24-17)21-11-8-20(9-12-21)10-13-22(26)23-15-14-19-6-4-3-5-7-19/h6,8-9,11-12,16H,3-5,7,10,13-15H2,1-2H3,(H,23,26). The van der Waals surface area contributed by atoms with Gasteiger partial charge in [-0.25, -0.2) is 4.68 Å². The minimum atomic E-state index is 0.143. The zero-order valence-electron chi connectivity index (χ0n) is 15.9. The summed E-state index contributed by atoms with van der Waals surface area (Å²) in [6.45, 7) is 4.82. The molecule has 1 amide bonds. The van der Waals surface area contributed by atoms with Gasteiger partial charge in [-0.05, 0) is 76.1 Å². The van der Waals surface area contributed by atoms with E-state index < -0.39 is 0 Å². The molecular formula is C22H29N3O. The molecule has 0 saturated heterocycles. The van der Waals surface area contributed by atoms with Crippen molar-refractivity contribution >= 4 is 5.91 Å². The zero-order chi connectivity index (χ0) is 18.4. The first-order chi connectivity index (χ1) is 12.6. The summed E-state index contributed by atoms with van der Waals surface area (Å²) in [7, 11) is 0. The van der Waals surface area contributed by atoms with Crippen LogP contribution in [-0.4, -0.2) is 22.2 Å². The molecule has 0 fully saturated rings. The minimum absolute atomic E-state index is 0.143. The van der Waals surface area contributed by atoms with Gasteiger partial charge in [-0.3, -0.25) is 4.79 Å². The normalized spacial score (nSPS) is 14.2. The van der Waals surface area contributed by atoms with Gasteiger partial charge in [-0.2, -0.15) is 5.10 Å². The van der Waals surface area contributed by atoms with Gasteiger partial charge in [0.1, 0.15) is 0 Å². The lowest BCUT2D eigenvalue weighted by molar-refractivity contribution is -0.121. The predicted molar refractivity (Wildman–Crippen MR) is 106 cm³/mol. The molecule has 1 N–H and O–H groups in total. The molecule has 1 aliphatic rings. The Morgan fingerprint density at radius 2 is 1.96 bits per heavy atom. The molecule has 0 saturated carbocycles. The molecule has 0 bridgehead atoms. The Morgan fingerprint density at radius 1 is 1.15 bits per heavy atom. The van der Waals surface area contributed by atoms with E-state index in [4.69, 9.17) is 0 Å². The topological polar surface area (TPSA) is 46.9 Å². The summed E-state index contributed by atoms with van der Waals surface area (Å²) >= 11 is 0. The van der Waals surface area contributed by atoms with Crippen molar-refractivity contribution in [2.75, 3.05) is 6.54 Å². The van der Waals surface area contributed by atoms with Gasteiger partial charge >= 0.3 is 0 Å². The number of allylic oxidation sites excluding steroid dienone is 1. The van der Waals surface area contributed by atoms with Crippen LogP contribution in [0.15, 0.2) is 42.0 Å². The molecule has 2 aromatic rings. The van der Waals surface area contributed by atoms with Crippen LogP contribution in [0.1, 0.15) is 55.5 Å². The third kappa shape index (κ3) is 5.07. The molecule has 3 rings (SSSR count). The lowest BCUT2D eigenvalue weighted by Gasteiger charge is -2.13. The van der Waals surface area contributed by atoms with Crippen LogP contribution < -0.4 is 5.32 Å². The number of amides is 1. The molecule has 1 heterocycles. The van der Waals surface area contributed by atoms with Gasteiger partial charge in [0.05, 0.1) is 11.4 Å². The number of rotatable bonds is 7. The molecule has 0 unspecified atom stereocenters. The summed E-state index contributed by atoms with van der Waals surface area (Å²) in [5, 5.41) is 7.56. The first kappa shape index (κ1) is 18.4. The number of aromatic nitrogens is 2. The number of hydrogen-bond donors (Lipinski definition) is 1. The molecule has 1 aliphatic carbocycles. The van der Waals surface area contributed by atoms with Crippen LogP contribution in [-0.2, 0) is 11.2 Å². The third-order valence-electron chi connectivity index (χ3n) is 4.98. The van der Waals surface area contributed by atoms with E-state index in [0.29, 0.717) is 6.42 Å². The third-order valence-corrected chi connectivity index (χ3v) is 4.98. The predicted octanol–water partition coefficient (Wildman–Crippen LogP) is 4.43. The summed E-state index contributed by atoms with van der Waals surface area (Å²) < 4.78 is 1.95. The van der Waals surface area contributed by atoms with Gasteiger partial charge in [0.15, 0.2) is 0 Å². The lowest BCUT2D eigenvalue weighted by atomic mass is 9.97. The second kappa shape index (κ2) is 8.84. The maximum atomic E-state index is 12.0. The molecule has 138 valence electrons. The van der Waals surface area contributed by atoms with Crippen LogP contribution in [0.4, 0.5) is 0 Å². The molecule has 0 atom stereocenters. The van der Waals surface area contributed by atoms with Crippen LogP contribution >= 0.6 is 0 Å². The fourth-order valence-corrected chi connectivity index (χ4v) is 3.53. The van der Waals surface area contributed by atoms with Crippen LogP contribution in [0.2, 0.25) is 0 Å². The van der Waals surface area contributed by atoms with Crippen LogP contribution in [0, 0.1) is 13.8 Å². The quantitative estimate of drug-likeness (QED) is 0.750. The Bertz CT molecular complexity index is 771. The molecule has 26 heavy (non-hydrogen) atoms. The van der Waals surface area contributed by atoms with Crippen molar-refractivity contribution in [2.24, 2.45) is 0 Å². The van der Waals surface area contributed by atoms with E-state index in [1.54, 1.807) is 0 Å². The number of hydrogen-bond acceptors (Lipinski definition) is 2. The Hall–Kier alpha value is -2.36. The second-order valence-corrected chi connectivity index (χ2v) is 7.21. The Morgan fingerprint density at radius 3 is 2.62 bits per heavy atom. The van der Waals surface area contributed by atoms with Crippen molar-refractivity contribution in [3.63, 3.8) is 0 Å². The molecule has 1 aromatic carbocycles. The number of carbonyl (C=O) groups is 1. The van der Waals surface area contributed by atoms with Crippen LogP contribution in [0.5, 0.6) is 0 Å². The minimum Gasteiger partial charge on any atom is -0.356 e. The van der Waals surface area contributed by atoms with Gasteiger partial charge in [-0.15, -0.1) is 0 Å². The highest BCUT2D eigenvalue weighted by molar-refractivity contribution is 5.76. The molecular weight excluding hydrogens is 322 g/mol. The maximum absolute atomic E-state index is 12.0. The number of nitrogens with zero attached hydrogens (tertiary/aromatic N) is 2. The van der Waals surface area contributed by atoms with Crippen molar-refractivity contribution in [1.82, 2.24) is 15.1 Å². The Labute approximate surface area is 156 Å². The molecule has 1 aromatic heterocycles. The van der Waals surface area contributed by atoms with Crippen molar-refractivity contribution in [1.29, 1.82) is 0 Å². The SMILES string of the molecule is Cc1cc(C)n(-c2ccc(CCC(=O)NCCC3=CCCCC3)cc2)n1. The van der Waals surface area contributed by atoms with Gasteiger partial charge < -0.3 is 5.32 Å². The van der Waals surface area contributed by atoms with Crippen LogP contribution in [0.25, 0.3) is 5.69 Å². The van der Waals surface area contributed by atoms with E-state index in [-0.39, 0.29) is 5.91 Å². The average Bonchev–Trinajstić information content (AvgIpc) is 2.99. The van der Waals surface area contributed by atoms with E-state index in [1.807, 2.05) is 11.6 Å². The fourth-order valence-electron chi connectivity index (χ4n) is 3.53. The van der Waals surface area contributed by atoms with Crippen molar-refractivity contribution in [2.45, 2.75) is 58.8 Å². The molecule has 0 spiro atoms. The lowest BCUT2D eigenvalue weighted by Crippen LogP contribution is -2.25. The van der Waals surface area contributed by atoms with Crippen molar-refractivity contribution in [3.8, 4) is 5.69 Å². The number of nitrogens with one attached hydrogen (secondary N) is 1. The van der Waals surface area contributed by atoms with E-state index in [1.165, 1.54) is 36.8 Å². The van der Waals surface area contributed by atoms with E-state index in [9.17, 15) is 4.79 Å². The highest BCUT2D eigenvalue weighted by atomic mass is 16.1. The largest absolute Gasteiger partial charge is 0.356 e.